The zero-order chi connectivity index (χ0) is 17.6. The van der Waals surface area contributed by atoms with E-state index in [9.17, 15) is 9.59 Å². The van der Waals surface area contributed by atoms with E-state index in [4.69, 9.17) is 5.73 Å². The second-order valence-corrected chi connectivity index (χ2v) is 7.06. The van der Waals surface area contributed by atoms with Gasteiger partial charge in [-0.1, -0.05) is 25.0 Å². The van der Waals surface area contributed by atoms with Gasteiger partial charge in [-0.2, -0.15) is 0 Å². The lowest BCUT2D eigenvalue weighted by Crippen LogP contribution is -2.48. The van der Waals surface area contributed by atoms with Crippen molar-refractivity contribution >= 4 is 23.3 Å². The fourth-order valence-electron chi connectivity index (χ4n) is 3.96. The third-order valence-corrected chi connectivity index (χ3v) is 5.30. The van der Waals surface area contributed by atoms with Gasteiger partial charge in [-0.05, 0) is 44.2 Å². The van der Waals surface area contributed by atoms with Crippen molar-refractivity contribution in [3.8, 4) is 0 Å². The summed E-state index contributed by atoms with van der Waals surface area (Å²) >= 11 is 0. The second-order valence-electron chi connectivity index (χ2n) is 7.06. The molecule has 1 aliphatic heterocycles. The van der Waals surface area contributed by atoms with Crippen LogP contribution in [0.1, 0.15) is 44.9 Å². The molecule has 2 atom stereocenters. The van der Waals surface area contributed by atoms with E-state index in [1.807, 2.05) is 24.3 Å². The molecule has 1 saturated heterocycles. The van der Waals surface area contributed by atoms with E-state index in [0.29, 0.717) is 0 Å². The number of anilines is 2. The lowest BCUT2D eigenvalue weighted by molar-refractivity contribution is -0.123. The van der Waals surface area contributed by atoms with Crippen LogP contribution >= 0.6 is 0 Å². The summed E-state index contributed by atoms with van der Waals surface area (Å²) in [7, 11) is 0. The number of piperidine rings is 1. The molecule has 2 fully saturated rings. The van der Waals surface area contributed by atoms with Gasteiger partial charge >= 0.3 is 6.03 Å². The minimum Gasteiger partial charge on any atom is -0.370 e. The average molecular weight is 344 g/mol. The van der Waals surface area contributed by atoms with Gasteiger partial charge in [0.15, 0.2) is 0 Å². The maximum absolute atomic E-state index is 12.5. The summed E-state index contributed by atoms with van der Waals surface area (Å²) in [4.78, 5) is 26.4. The van der Waals surface area contributed by atoms with Crippen molar-refractivity contribution in [2.75, 3.05) is 23.3 Å². The molecule has 0 bridgehead atoms. The second kappa shape index (κ2) is 8.23. The molecule has 0 radical (unpaired) electrons. The number of urea groups is 1. The van der Waals surface area contributed by atoms with Gasteiger partial charge in [-0.25, -0.2) is 4.79 Å². The Morgan fingerprint density at radius 2 is 1.72 bits per heavy atom. The van der Waals surface area contributed by atoms with E-state index >= 15 is 0 Å². The van der Waals surface area contributed by atoms with Crippen molar-refractivity contribution in [1.29, 1.82) is 0 Å². The van der Waals surface area contributed by atoms with Crippen molar-refractivity contribution < 1.29 is 9.59 Å². The Kier molecular flexibility index (Phi) is 5.79. The van der Waals surface area contributed by atoms with Crippen molar-refractivity contribution in [3.05, 3.63) is 24.3 Å². The first-order chi connectivity index (χ1) is 12.1. The number of rotatable bonds is 4. The molecule has 1 heterocycles. The summed E-state index contributed by atoms with van der Waals surface area (Å²) < 4.78 is 0. The van der Waals surface area contributed by atoms with Gasteiger partial charge < -0.3 is 21.3 Å². The normalized spacial score (nSPS) is 23.8. The lowest BCUT2D eigenvalue weighted by Gasteiger charge is -2.32. The first-order valence-corrected chi connectivity index (χ1v) is 9.36. The molecule has 4 N–H and O–H groups in total. The SMILES string of the molecule is NC(=O)[C@@H]1CCCC[C@@H]1NC(=O)Nc1ccccc1N1CCCCC1. The molecule has 2 aliphatic rings. The minimum absolute atomic E-state index is 0.173. The highest BCUT2D eigenvalue weighted by Gasteiger charge is 2.30. The van der Waals surface area contributed by atoms with Crippen LogP contribution in [0.3, 0.4) is 0 Å². The van der Waals surface area contributed by atoms with Gasteiger partial charge in [0, 0.05) is 19.1 Å². The van der Waals surface area contributed by atoms with Crippen LogP contribution in [-0.2, 0) is 4.79 Å². The molecule has 1 aromatic carbocycles. The molecular weight excluding hydrogens is 316 g/mol. The first-order valence-electron chi connectivity index (χ1n) is 9.36. The van der Waals surface area contributed by atoms with E-state index in [0.717, 1.165) is 50.1 Å². The summed E-state index contributed by atoms with van der Waals surface area (Å²) in [6.45, 7) is 2.04. The van der Waals surface area contributed by atoms with Crippen LogP contribution in [0.5, 0.6) is 0 Å². The smallest absolute Gasteiger partial charge is 0.319 e. The van der Waals surface area contributed by atoms with E-state index in [1.165, 1.54) is 19.3 Å². The molecule has 1 saturated carbocycles. The van der Waals surface area contributed by atoms with Crippen molar-refractivity contribution in [2.45, 2.75) is 51.0 Å². The highest BCUT2D eigenvalue weighted by molar-refractivity contribution is 5.93. The molecule has 0 unspecified atom stereocenters. The predicted octanol–water partition coefficient (Wildman–Crippen LogP) is 2.84. The fourth-order valence-corrected chi connectivity index (χ4v) is 3.96. The summed E-state index contributed by atoms with van der Waals surface area (Å²) in [5.41, 5.74) is 7.37. The molecule has 1 aromatic rings. The lowest BCUT2D eigenvalue weighted by atomic mass is 9.84. The van der Waals surface area contributed by atoms with Crippen LogP contribution in [0.4, 0.5) is 16.2 Å². The van der Waals surface area contributed by atoms with Gasteiger partial charge in [0.2, 0.25) is 5.91 Å². The zero-order valence-electron chi connectivity index (χ0n) is 14.7. The molecule has 3 rings (SSSR count). The fraction of sp³-hybridized carbons (Fsp3) is 0.579. The van der Waals surface area contributed by atoms with Gasteiger partial charge in [-0.3, -0.25) is 4.79 Å². The number of carbonyl (C=O) groups is 2. The molecule has 25 heavy (non-hydrogen) atoms. The quantitative estimate of drug-likeness (QED) is 0.785. The van der Waals surface area contributed by atoms with Crippen LogP contribution in [0.15, 0.2) is 24.3 Å². The summed E-state index contributed by atoms with van der Waals surface area (Å²) in [5, 5.41) is 5.93. The maximum atomic E-state index is 12.5. The highest BCUT2D eigenvalue weighted by atomic mass is 16.2. The van der Waals surface area contributed by atoms with E-state index in [-0.39, 0.29) is 23.9 Å². The third kappa shape index (κ3) is 4.44. The van der Waals surface area contributed by atoms with Crippen molar-refractivity contribution in [1.82, 2.24) is 5.32 Å². The standard InChI is InChI=1S/C19H28N4O2/c20-18(24)14-8-2-3-9-15(14)21-19(25)22-16-10-4-5-11-17(16)23-12-6-1-7-13-23/h4-5,10-11,14-15H,1-3,6-9,12-13H2,(H2,20,24)(H2,21,22,25)/t14-,15+/m1/s1. The predicted molar refractivity (Wildman–Crippen MR) is 99.6 cm³/mol. The number of nitrogens with two attached hydrogens (primary N) is 1. The Bertz CT molecular complexity index is 613. The van der Waals surface area contributed by atoms with Gasteiger partial charge in [0.1, 0.15) is 0 Å². The third-order valence-electron chi connectivity index (χ3n) is 5.30. The molecule has 6 nitrogen and oxygen atoms in total. The highest BCUT2D eigenvalue weighted by Crippen LogP contribution is 2.29. The number of benzene rings is 1. The number of nitrogens with zero attached hydrogens (tertiary/aromatic N) is 1. The van der Waals surface area contributed by atoms with E-state index < -0.39 is 0 Å². The summed E-state index contributed by atoms with van der Waals surface area (Å²) in [5.74, 6) is -0.587. The van der Waals surface area contributed by atoms with Crippen LogP contribution in [0, 0.1) is 5.92 Å². The molecule has 136 valence electrons. The minimum atomic E-state index is -0.321. The Hall–Kier alpha value is -2.24. The van der Waals surface area contributed by atoms with Crippen LogP contribution in [0.2, 0.25) is 0 Å². The number of amides is 3. The summed E-state index contributed by atoms with van der Waals surface area (Å²) in [6, 6.07) is 7.47. The summed E-state index contributed by atoms with van der Waals surface area (Å²) in [6.07, 6.45) is 7.19. The van der Waals surface area contributed by atoms with Gasteiger partial charge in [0.05, 0.1) is 17.3 Å². The topological polar surface area (TPSA) is 87.5 Å². The Morgan fingerprint density at radius 3 is 2.48 bits per heavy atom. The molecule has 0 spiro atoms. The Morgan fingerprint density at radius 1 is 1.00 bits per heavy atom. The molecule has 3 amide bonds. The number of hydrogen-bond acceptors (Lipinski definition) is 3. The number of hydrogen-bond donors (Lipinski definition) is 3. The number of nitrogens with one attached hydrogen (secondary N) is 2. The Labute approximate surface area is 149 Å². The van der Waals surface area contributed by atoms with E-state index in [1.54, 1.807) is 0 Å². The molecule has 0 aromatic heterocycles. The molecule has 6 heteroatoms. The van der Waals surface area contributed by atoms with Crippen LogP contribution in [0.25, 0.3) is 0 Å². The number of primary amides is 1. The van der Waals surface area contributed by atoms with Crippen LogP contribution in [-0.4, -0.2) is 31.1 Å². The van der Waals surface area contributed by atoms with Gasteiger partial charge in [0.25, 0.3) is 0 Å². The molecular formula is C19H28N4O2. The Balaban J connectivity index is 1.65. The first kappa shape index (κ1) is 17.6. The number of para-hydroxylation sites is 2. The molecule has 1 aliphatic carbocycles. The van der Waals surface area contributed by atoms with Crippen molar-refractivity contribution in [2.24, 2.45) is 11.7 Å². The van der Waals surface area contributed by atoms with Gasteiger partial charge in [-0.15, -0.1) is 0 Å². The average Bonchev–Trinajstić information content (AvgIpc) is 2.63. The monoisotopic (exact) mass is 344 g/mol. The zero-order valence-corrected chi connectivity index (χ0v) is 14.7. The maximum Gasteiger partial charge on any atom is 0.319 e. The number of carbonyl (C=O) groups excluding carboxylic acids is 2. The van der Waals surface area contributed by atoms with Crippen molar-refractivity contribution in [3.63, 3.8) is 0 Å². The largest absolute Gasteiger partial charge is 0.370 e. The van der Waals surface area contributed by atoms with E-state index in [2.05, 4.69) is 15.5 Å². The van der Waals surface area contributed by atoms with Crippen LogP contribution < -0.4 is 21.3 Å².